The van der Waals surface area contributed by atoms with Gasteiger partial charge in [0, 0.05) is 25.2 Å². The average molecular weight is 328 g/mol. The van der Waals surface area contributed by atoms with Gasteiger partial charge in [0.25, 0.3) is 0 Å². The van der Waals surface area contributed by atoms with Gasteiger partial charge in [0.05, 0.1) is 44.1 Å². The van der Waals surface area contributed by atoms with Gasteiger partial charge in [-0.1, -0.05) is 0 Å². The minimum Gasteiger partial charge on any atom is -0.491 e. The highest BCUT2D eigenvalue weighted by Crippen LogP contribution is 2.41. The molecule has 0 aromatic carbocycles. The highest BCUT2D eigenvalue weighted by molar-refractivity contribution is 5.78. The van der Waals surface area contributed by atoms with Crippen molar-refractivity contribution in [3.63, 3.8) is 0 Å². The Kier molecular flexibility index (Phi) is 3.98. The van der Waals surface area contributed by atoms with Gasteiger partial charge in [-0.2, -0.15) is 0 Å². The predicted octanol–water partition coefficient (Wildman–Crippen LogP) is 1.77. The zero-order chi connectivity index (χ0) is 16.4. The third-order valence-corrected chi connectivity index (χ3v) is 4.94. The van der Waals surface area contributed by atoms with Crippen molar-refractivity contribution < 1.29 is 18.7 Å². The Morgan fingerprint density at radius 1 is 1.42 bits per heavy atom. The Morgan fingerprint density at radius 2 is 2.38 bits per heavy atom. The molecule has 0 bridgehead atoms. The Bertz CT molecular complexity index is 688. The van der Waals surface area contributed by atoms with Gasteiger partial charge in [0.1, 0.15) is 11.5 Å². The molecule has 0 saturated carbocycles. The summed E-state index contributed by atoms with van der Waals surface area (Å²) in [7, 11) is 0. The number of rotatable bonds is 5. The van der Waals surface area contributed by atoms with Gasteiger partial charge < -0.3 is 18.8 Å². The number of carbonyl (C=O) groups is 1. The topological polar surface area (TPSA) is 64.8 Å². The predicted molar refractivity (Wildman–Crippen MR) is 85.5 cm³/mol. The van der Waals surface area contributed by atoms with Gasteiger partial charge in [0.15, 0.2) is 0 Å². The lowest BCUT2D eigenvalue weighted by Gasteiger charge is -2.27. The van der Waals surface area contributed by atoms with Crippen molar-refractivity contribution in [2.45, 2.75) is 6.42 Å². The molecule has 2 saturated heterocycles. The quantitative estimate of drug-likeness (QED) is 0.837. The second-order valence-corrected chi connectivity index (χ2v) is 6.58. The lowest BCUT2D eigenvalue weighted by atomic mass is 9.82. The normalized spacial score (nSPS) is 25.7. The van der Waals surface area contributed by atoms with Crippen LogP contribution < -0.4 is 4.74 Å². The lowest BCUT2D eigenvalue weighted by Crippen LogP contribution is -2.38. The van der Waals surface area contributed by atoms with Crippen molar-refractivity contribution in [3.8, 4) is 5.75 Å². The van der Waals surface area contributed by atoms with E-state index in [-0.39, 0.29) is 11.3 Å². The summed E-state index contributed by atoms with van der Waals surface area (Å²) in [4.78, 5) is 18.5. The third kappa shape index (κ3) is 2.89. The van der Waals surface area contributed by atoms with Crippen LogP contribution in [0.1, 0.15) is 5.76 Å². The van der Waals surface area contributed by atoms with Gasteiger partial charge >= 0.3 is 0 Å². The first-order chi connectivity index (χ1) is 11.8. The number of nitrogens with zero attached hydrogens (tertiary/aromatic N) is 2. The fraction of sp³-hybridized carbons (Fsp3) is 0.444. The minimum atomic E-state index is -0.130. The fourth-order valence-corrected chi connectivity index (χ4v) is 3.56. The first-order valence-electron chi connectivity index (χ1n) is 8.16. The molecule has 1 amide bonds. The number of pyridine rings is 1. The van der Waals surface area contributed by atoms with E-state index in [0.29, 0.717) is 44.5 Å². The average Bonchev–Trinajstić information content (AvgIpc) is 3.29. The summed E-state index contributed by atoms with van der Waals surface area (Å²) in [6, 6.07) is 7.38. The zero-order valence-electron chi connectivity index (χ0n) is 13.4. The monoisotopic (exact) mass is 328 g/mol. The number of ether oxygens (including phenoxy) is 2. The number of carbonyl (C=O) groups excluding carboxylic acids is 1. The Morgan fingerprint density at radius 3 is 3.17 bits per heavy atom. The molecule has 2 aliphatic heterocycles. The maximum absolute atomic E-state index is 12.5. The van der Waals surface area contributed by atoms with Gasteiger partial charge in [0.2, 0.25) is 5.91 Å². The second-order valence-electron chi connectivity index (χ2n) is 6.58. The Hall–Kier alpha value is -2.34. The van der Waals surface area contributed by atoms with E-state index >= 15 is 0 Å². The summed E-state index contributed by atoms with van der Waals surface area (Å²) in [5.41, 5.74) is -0.130. The molecule has 4 heterocycles. The molecular weight excluding hydrogens is 308 g/mol. The molecule has 0 radical (unpaired) electrons. The number of hydrogen-bond donors (Lipinski definition) is 0. The minimum absolute atomic E-state index is 0.0973. The fourth-order valence-electron chi connectivity index (χ4n) is 3.56. The summed E-state index contributed by atoms with van der Waals surface area (Å²) in [6.45, 7) is 3.23. The van der Waals surface area contributed by atoms with Crippen LogP contribution in [0.3, 0.4) is 0 Å². The first-order valence-corrected chi connectivity index (χ1v) is 8.16. The summed E-state index contributed by atoms with van der Waals surface area (Å²) in [5, 5.41) is 0. The van der Waals surface area contributed by atoms with Gasteiger partial charge in [-0.3, -0.25) is 9.78 Å². The molecule has 0 aliphatic carbocycles. The number of furan rings is 1. The molecule has 2 aromatic heterocycles. The van der Waals surface area contributed by atoms with E-state index in [9.17, 15) is 4.79 Å². The number of hydrogen-bond acceptors (Lipinski definition) is 5. The van der Waals surface area contributed by atoms with E-state index in [2.05, 4.69) is 4.98 Å². The highest BCUT2D eigenvalue weighted by Gasteiger charge is 2.52. The van der Waals surface area contributed by atoms with Crippen LogP contribution >= 0.6 is 0 Å². The van der Waals surface area contributed by atoms with Crippen LogP contribution in [0.2, 0.25) is 0 Å². The molecule has 0 unspecified atom stereocenters. The van der Waals surface area contributed by atoms with Gasteiger partial charge in [-0.25, -0.2) is 0 Å². The standard InChI is InChI=1S/C18H20N2O4/c21-17(7-15-4-2-6-23-15)20-9-14-10-22-12-18(14,11-20)13-24-16-3-1-5-19-8-16/h1-6,8,14H,7,9-13H2/t14-,18+/m1/s1. The first kappa shape index (κ1) is 15.2. The van der Waals surface area contributed by atoms with E-state index in [1.165, 1.54) is 0 Å². The molecule has 2 aromatic rings. The smallest absolute Gasteiger partial charge is 0.230 e. The maximum atomic E-state index is 12.5. The van der Waals surface area contributed by atoms with Crippen molar-refractivity contribution in [2.24, 2.45) is 11.3 Å². The van der Waals surface area contributed by atoms with Crippen molar-refractivity contribution in [3.05, 3.63) is 48.7 Å². The molecule has 24 heavy (non-hydrogen) atoms. The SMILES string of the molecule is O=C(Cc1ccco1)N1C[C@@H]2COC[C@]2(COc2cccnc2)C1. The molecule has 0 spiro atoms. The summed E-state index contributed by atoms with van der Waals surface area (Å²) >= 11 is 0. The summed E-state index contributed by atoms with van der Waals surface area (Å²) < 4.78 is 16.9. The van der Waals surface area contributed by atoms with Crippen LogP contribution in [0.15, 0.2) is 47.3 Å². The van der Waals surface area contributed by atoms with Crippen LogP contribution in [0.5, 0.6) is 5.75 Å². The van der Waals surface area contributed by atoms with E-state index in [0.717, 1.165) is 12.3 Å². The summed E-state index contributed by atoms with van der Waals surface area (Å²) in [6.07, 6.45) is 5.33. The molecule has 0 N–H and O–H groups in total. The van der Waals surface area contributed by atoms with Gasteiger partial charge in [-0.15, -0.1) is 0 Å². The van der Waals surface area contributed by atoms with Crippen molar-refractivity contribution in [2.75, 3.05) is 32.9 Å². The van der Waals surface area contributed by atoms with Crippen molar-refractivity contribution in [1.29, 1.82) is 0 Å². The van der Waals surface area contributed by atoms with Crippen molar-refractivity contribution >= 4 is 5.91 Å². The van der Waals surface area contributed by atoms with Crippen LogP contribution in [-0.2, 0) is 16.0 Å². The molecular formula is C18H20N2O4. The molecule has 4 rings (SSSR count). The Labute approximate surface area is 140 Å². The molecule has 2 fully saturated rings. The number of aromatic nitrogens is 1. The van der Waals surface area contributed by atoms with Crippen molar-refractivity contribution in [1.82, 2.24) is 9.88 Å². The Balaban J connectivity index is 1.42. The molecule has 2 atom stereocenters. The van der Waals surface area contributed by atoms with E-state index in [1.807, 2.05) is 23.1 Å². The molecule has 6 nitrogen and oxygen atoms in total. The highest BCUT2D eigenvalue weighted by atomic mass is 16.5. The largest absolute Gasteiger partial charge is 0.491 e. The second kappa shape index (κ2) is 6.28. The third-order valence-electron chi connectivity index (χ3n) is 4.94. The number of amides is 1. The van der Waals surface area contributed by atoms with E-state index in [4.69, 9.17) is 13.9 Å². The lowest BCUT2D eigenvalue weighted by molar-refractivity contribution is -0.130. The van der Waals surface area contributed by atoms with Crippen LogP contribution in [0.4, 0.5) is 0 Å². The number of fused-ring (bicyclic) bond motifs is 1. The number of likely N-dealkylation sites (tertiary alicyclic amines) is 1. The molecule has 126 valence electrons. The van der Waals surface area contributed by atoms with Crippen LogP contribution in [0, 0.1) is 11.3 Å². The van der Waals surface area contributed by atoms with Crippen LogP contribution in [0.25, 0.3) is 0 Å². The molecule has 6 heteroatoms. The molecule has 2 aliphatic rings. The van der Waals surface area contributed by atoms with E-state index < -0.39 is 0 Å². The van der Waals surface area contributed by atoms with Crippen LogP contribution in [-0.4, -0.2) is 48.7 Å². The van der Waals surface area contributed by atoms with Gasteiger partial charge in [-0.05, 0) is 24.3 Å². The maximum Gasteiger partial charge on any atom is 0.230 e. The zero-order valence-corrected chi connectivity index (χ0v) is 13.4. The summed E-state index contributed by atoms with van der Waals surface area (Å²) in [5.74, 6) is 1.86. The van der Waals surface area contributed by atoms with E-state index in [1.54, 1.807) is 24.7 Å².